The fourth-order valence-electron chi connectivity index (χ4n) is 5.77. The van der Waals surface area contributed by atoms with Crippen LogP contribution in [0.25, 0.3) is 16.5 Å². The van der Waals surface area contributed by atoms with E-state index in [-0.39, 0.29) is 23.8 Å². The van der Waals surface area contributed by atoms with Gasteiger partial charge in [0.2, 0.25) is 11.8 Å². The first-order chi connectivity index (χ1) is 16.9. The van der Waals surface area contributed by atoms with Crippen LogP contribution in [-0.4, -0.2) is 58.9 Å². The first-order valence-corrected chi connectivity index (χ1v) is 13.3. The van der Waals surface area contributed by atoms with Crippen LogP contribution in [0.4, 0.5) is 0 Å². The van der Waals surface area contributed by atoms with E-state index < -0.39 is 0 Å². The van der Waals surface area contributed by atoms with Crippen molar-refractivity contribution in [2.45, 2.75) is 39.2 Å². The Labute approximate surface area is 215 Å². The minimum absolute atomic E-state index is 0.0934. The van der Waals surface area contributed by atoms with Gasteiger partial charge in [-0.2, -0.15) is 0 Å². The molecule has 3 aromatic rings. The Morgan fingerprint density at radius 3 is 2.51 bits per heavy atom. The number of benzene rings is 2. The molecule has 0 saturated heterocycles. The average molecular weight is 534 g/mol. The highest BCUT2D eigenvalue weighted by atomic mass is 79.9. The van der Waals surface area contributed by atoms with Crippen molar-refractivity contribution >= 4 is 44.2 Å². The van der Waals surface area contributed by atoms with Gasteiger partial charge in [-0.1, -0.05) is 48.5 Å². The molecule has 0 N–H and O–H groups in total. The molecule has 1 aliphatic heterocycles. The van der Waals surface area contributed by atoms with Gasteiger partial charge in [0.1, 0.15) is 0 Å². The molecule has 5 rings (SSSR count). The molecule has 0 radical (unpaired) electrons. The average Bonchev–Trinajstić information content (AvgIpc) is 3.16. The molecule has 2 aliphatic rings. The van der Waals surface area contributed by atoms with Crippen molar-refractivity contribution in [2.24, 2.45) is 5.92 Å². The van der Waals surface area contributed by atoms with Crippen molar-refractivity contribution in [2.75, 3.05) is 26.7 Å². The number of nitrogens with zero attached hydrogens (tertiary/aromatic N) is 3. The Kier molecular flexibility index (Phi) is 6.69. The maximum atomic E-state index is 13.4. The number of amides is 1. The number of carbonyl (C=O) groups excluding carboxylic acids is 2. The molecule has 0 unspecified atom stereocenters. The predicted octanol–water partition coefficient (Wildman–Crippen LogP) is 5.41. The Hall–Kier alpha value is -2.70. The van der Waals surface area contributed by atoms with Crippen LogP contribution in [0, 0.1) is 5.92 Å². The predicted molar refractivity (Wildman–Crippen MR) is 145 cm³/mol. The summed E-state index contributed by atoms with van der Waals surface area (Å²) in [6.45, 7) is 6.23. The lowest BCUT2D eigenvalue weighted by atomic mass is 9.79. The fourth-order valence-corrected chi connectivity index (χ4v) is 6.52. The smallest absolute Gasteiger partial charge is 0.232 e. The number of hydrogen-bond donors (Lipinski definition) is 0. The molecule has 5 nitrogen and oxygen atoms in total. The van der Waals surface area contributed by atoms with Crippen LogP contribution in [0.2, 0.25) is 0 Å². The second kappa shape index (κ2) is 9.75. The van der Waals surface area contributed by atoms with Gasteiger partial charge in [0.25, 0.3) is 0 Å². The normalized spacial score (nSPS) is 19.4. The molecule has 1 amide bonds. The van der Waals surface area contributed by atoms with Crippen molar-refractivity contribution in [3.8, 4) is 0 Å². The van der Waals surface area contributed by atoms with Crippen molar-refractivity contribution in [3.05, 3.63) is 75.9 Å². The van der Waals surface area contributed by atoms with E-state index in [1.165, 1.54) is 16.7 Å². The third-order valence-electron chi connectivity index (χ3n) is 7.61. The third kappa shape index (κ3) is 4.17. The van der Waals surface area contributed by atoms with E-state index in [0.717, 1.165) is 40.6 Å². The molecule has 0 bridgehead atoms. The van der Waals surface area contributed by atoms with Crippen molar-refractivity contribution < 1.29 is 9.59 Å². The van der Waals surface area contributed by atoms with Crippen molar-refractivity contribution in [3.63, 3.8) is 0 Å². The quantitative estimate of drug-likeness (QED) is 0.425. The van der Waals surface area contributed by atoms with Gasteiger partial charge in [0, 0.05) is 37.5 Å². The first kappa shape index (κ1) is 24.0. The van der Waals surface area contributed by atoms with E-state index in [9.17, 15) is 9.59 Å². The number of aromatic nitrogens is 1. The van der Waals surface area contributed by atoms with Crippen molar-refractivity contribution in [1.82, 2.24) is 14.4 Å². The Bertz CT molecular complexity index is 1310. The number of aryl methyl sites for hydroxylation is 1. The Morgan fingerprint density at radius 1 is 1.06 bits per heavy atom. The maximum Gasteiger partial charge on any atom is 0.232 e. The van der Waals surface area contributed by atoms with E-state index in [1.807, 2.05) is 53.6 Å². The Morgan fingerprint density at radius 2 is 1.80 bits per heavy atom. The highest BCUT2D eigenvalue weighted by Gasteiger charge is 2.38. The second-order valence-corrected chi connectivity index (χ2v) is 10.3. The molecule has 2 aromatic carbocycles. The molecule has 1 aliphatic carbocycles. The first-order valence-electron chi connectivity index (χ1n) is 12.5. The molecule has 0 fully saturated rings. The van der Waals surface area contributed by atoms with Gasteiger partial charge in [-0.25, -0.2) is 0 Å². The van der Waals surface area contributed by atoms with Crippen LogP contribution in [0.5, 0.6) is 0 Å². The van der Waals surface area contributed by atoms with E-state index in [1.54, 1.807) is 0 Å². The van der Waals surface area contributed by atoms with Crippen LogP contribution in [0.3, 0.4) is 0 Å². The van der Waals surface area contributed by atoms with Gasteiger partial charge in [0.05, 0.1) is 16.0 Å². The lowest BCUT2D eigenvalue weighted by Gasteiger charge is -2.40. The fraction of sp³-hybridized carbons (Fsp3) is 0.379. The molecule has 1 aromatic heterocycles. The van der Waals surface area contributed by atoms with Crippen LogP contribution in [0.15, 0.2) is 59.2 Å². The number of carbonyl (C=O) groups is 2. The van der Waals surface area contributed by atoms with E-state index in [0.29, 0.717) is 19.4 Å². The summed E-state index contributed by atoms with van der Waals surface area (Å²) >= 11 is 3.80. The molecule has 2 heterocycles. The molecule has 2 atom stereocenters. The number of fused-ring (bicyclic) bond motifs is 2. The maximum absolute atomic E-state index is 13.4. The summed E-state index contributed by atoms with van der Waals surface area (Å²) < 4.78 is 2.72. The van der Waals surface area contributed by atoms with Gasteiger partial charge in [-0.3, -0.25) is 19.1 Å². The van der Waals surface area contributed by atoms with Crippen LogP contribution in [0.1, 0.15) is 41.8 Å². The van der Waals surface area contributed by atoms with Crippen LogP contribution < -0.4 is 0 Å². The van der Waals surface area contributed by atoms with E-state index in [2.05, 4.69) is 52.2 Å². The number of rotatable bonds is 6. The topological polar surface area (TPSA) is 45.6 Å². The molecular formula is C29H32BrN3O2. The SMILES string of the molecule is CCN(CC)C(=O)[C@@H]1C=C2c3cccc4c3c(c(Br)n4C(=O)CCc3ccccc3)C[C@H]2N(C)C1. The lowest BCUT2D eigenvalue weighted by Crippen LogP contribution is -2.47. The lowest BCUT2D eigenvalue weighted by molar-refractivity contribution is -0.134. The zero-order valence-electron chi connectivity index (χ0n) is 20.6. The summed E-state index contributed by atoms with van der Waals surface area (Å²) in [5.74, 6) is 0.137. The largest absolute Gasteiger partial charge is 0.343 e. The monoisotopic (exact) mass is 533 g/mol. The molecular weight excluding hydrogens is 502 g/mol. The minimum atomic E-state index is -0.152. The van der Waals surface area contributed by atoms with E-state index >= 15 is 0 Å². The standard InChI is InChI=1S/C29H32BrN3O2/c1-4-32(5-2)29(35)20-16-22-21-12-9-13-24-27(21)23(17-25(22)31(3)18-20)28(30)33(24)26(34)15-14-19-10-7-6-8-11-19/h6-13,16,20,25H,4-5,14-15,17-18H2,1-3H3/t20-,25-/m1/s1. The summed E-state index contributed by atoms with van der Waals surface area (Å²) in [6, 6.07) is 16.6. The molecule has 6 heteroatoms. The highest BCUT2D eigenvalue weighted by molar-refractivity contribution is 9.10. The number of likely N-dealkylation sites (N-methyl/N-ethyl adjacent to an activating group) is 1. The zero-order chi connectivity index (χ0) is 24.7. The summed E-state index contributed by atoms with van der Waals surface area (Å²) in [6.07, 6.45) is 4.18. The summed E-state index contributed by atoms with van der Waals surface area (Å²) in [4.78, 5) is 30.9. The summed E-state index contributed by atoms with van der Waals surface area (Å²) in [7, 11) is 2.11. The zero-order valence-corrected chi connectivity index (χ0v) is 22.2. The van der Waals surface area contributed by atoms with Gasteiger partial charge < -0.3 is 4.90 Å². The minimum Gasteiger partial charge on any atom is -0.343 e. The van der Waals surface area contributed by atoms with Gasteiger partial charge in [0.15, 0.2) is 0 Å². The number of hydrogen-bond acceptors (Lipinski definition) is 3. The van der Waals surface area contributed by atoms with E-state index in [4.69, 9.17) is 0 Å². The van der Waals surface area contributed by atoms with Gasteiger partial charge >= 0.3 is 0 Å². The van der Waals surface area contributed by atoms with Crippen LogP contribution in [-0.2, 0) is 17.6 Å². The van der Waals surface area contributed by atoms with Gasteiger partial charge in [-0.15, -0.1) is 0 Å². The molecule has 35 heavy (non-hydrogen) atoms. The number of halogens is 1. The van der Waals surface area contributed by atoms with Crippen molar-refractivity contribution in [1.29, 1.82) is 0 Å². The molecule has 0 saturated carbocycles. The summed E-state index contributed by atoms with van der Waals surface area (Å²) in [5, 5.41) is 1.14. The Balaban J connectivity index is 1.54. The molecule has 0 spiro atoms. The molecule has 182 valence electrons. The third-order valence-corrected chi connectivity index (χ3v) is 8.44. The van der Waals surface area contributed by atoms with Crippen LogP contribution >= 0.6 is 15.9 Å². The highest BCUT2D eigenvalue weighted by Crippen LogP contribution is 2.45. The second-order valence-electron chi connectivity index (χ2n) is 9.58. The summed E-state index contributed by atoms with van der Waals surface area (Å²) in [5.41, 5.74) is 5.66. The van der Waals surface area contributed by atoms with Gasteiger partial charge in [-0.05, 0) is 78.0 Å².